The highest BCUT2D eigenvalue weighted by molar-refractivity contribution is 5.97. The highest BCUT2D eigenvalue weighted by atomic mass is 16.4. The number of hydrogen-bond donors (Lipinski definition) is 2. The molecule has 62 valence electrons. The minimum atomic E-state index is -1.21. The van der Waals surface area contributed by atoms with Crippen LogP contribution >= 0.6 is 0 Å². The molecular weight excluding hydrogens is 160 g/mol. The fourth-order valence-electron chi connectivity index (χ4n) is 0.714. The molecule has 12 heavy (non-hydrogen) atoms. The Morgan fingerprint density at radius 2 is 2.33 bits per heavy atom. The SMILES string of the molecule is C=Nc1ncnc(N)c1C(=O)O. The first-order chi connectivity index (χ1) is 5.66. The molecule has 0 amide bonds. The summed E-state index contributed by atoms with van der Waals surface area (Å²) in [5, 5.41) is 8.63. The highest BCUT2D eigenvalue weighted by Crippen LogP contribution is 2.18. The average Bonchev–Trinajstić information content (AvgIpc) is 2.03. The molecule has 0 bridgehead atoms. The van der Waals surface area contributed by atoms with Gasteiger partial charge in [-0.1, -0.05) is 0 Å². The zero-order valence-electron chi connectivity index (χ0n) is 6.06. The van der Waals surface area contributed by atoms with E-state index in [2.05, 4.69) is 21.7 Å². The Labute approximate surface area is 67.8 Å². The highest BCUT2D eigenvalue weighted by Gasteiger charge is 2.14. The summed E-state index contributed by atoms with van der Waals surface area (Å²) in [6, 6.07) is 0. The molecule has 0 fully saturated rings. The van der Waals surface area contributed by atoms with E-state index in [9.17, 15) is 4.79 Å². The van der Waals surface area contributed by atoms with Gasteiger partial charge in [0, 0.05) is 0 Å². The van der Waals surface area contributed by atoms with Crippen molar-refractivity contribution in [2.45, 2.75) is 0 Å². The Balaban J connectivity index is 3.39. The number of hydrogen-bond acceptors (Lipinski definition) is 5. The topological polar surface area (TPSA) is 101 Å². The molecule has 1 aromatic rings. The molecule has 0 spiro atoms. The van der Waals surface area contributed by atoms with Crippen LogP contribution in [0.1, 0.15) is 10.4 Å². The first-order valence-corrected chi connectivity index (χ1v) is 2.97. The number of nitrogens with two attached hydrogens (primary N) is 1. The molecule has 0 aliphatic rings. The van der Waals surface area contributed by atoms with E-state index in [-0.39, 0.29) is 17.2 Å². The molecule has 0 aromatic carbocycles. The van der Waals surface area contributed by atoms with Gasteiger partial charge in [-0.2, -0.15) is 0 Å². The van der Waals surface area contributed by atoms with E-state index in [1.54, 1.807) is 0 Å². The van der Waals surface area contributed by atoms with Gasteiger partial charge in [-0.05, 0) is 6.72 Å². The van der Waals surface area contributed by atoms with Crippen LogP contribution in [0.15, 0.2) is 11.3 Å². The summed E-state index contributed by atoms with van der Waals surface area (Å²) in [6.07, 6.45) is 1.13. The van der Waals surface area contributed by atoms with Crippen LogP contribution in [0.5, 0.6) is 0 Å². The molecule has 1 aromatic heterocycles. The third-order valence-electron chi connectivity index (χ3n) is 1.22. The van der Waals surface area contributed by atoms with Gasteiger partial charge in [0.2, 0.25) is 0 Å². The summed E-state index contributed by atoms with van der Waals surface area (Å²) < 4.78 is 0. The molecule has 3 N–H and O–H groups in total. The Kier molecular flexibility index (Phi) is 2.00. The van der Waals surface area contributed by atoms with Gasteiger partial charge >= 0.3 is 5.97 Å². The molecule has 0 atom stereocenters. The summed E-state index contributed by atoms with van der Waals surface area (Å²) >= 11 is 0. The number of nitrogens with zero attached hydrogens (tertiary/aromatic N) is 3. The van der Waals surface area contributed by atoms with Crippen LogP contribution < -0.4 is 5.73 Å². The summed E-state index contributed by atoms with van der Waals surface area (Å²) in [4.78, 5) is 21.0. The summed E-state index contributed by atoms with van der Waals surface area (Å²) in [6.45, 7) is 3.16. The number of aromatic nitrogens is 2. The van der Waals surface area contributed by atoms with Gasteiger partial charge in [-0.15, -0.1) is 0 Å². The second-order valence-corrected chi connectivity index (χ2v) is 1.92. The summed E-state index contributed by atoms with van der Waals surface area (Å²) in [5.41, 5.74) is 5.06. The normalized spacial score (nSPS) is 9.33. The Morgan fingerprint density at radius 3 is 2.75 bits per heavy atom. The predicted molar refractivity (Wildman–Crippen MR) is 42.6 cm³/mol. The Bertz CT molecular complexity index is 336. The van der Waals surface area contributed by atoms with Crippen molar-refractivity contribution < 1.29 is 9.90 Å². The Hall–Kier alpha value is -1.98. The van der Waals surface area contributed by atoms with Gasteiger partial charge in [-0.25, -0.2) is 19.8 Å². The van der Waals surface area contributed by atoms with E-state index >= 15 is 0 Å². The van der Waals surface area contributed by atoms with E-state index in [0.29, 0.717) is 0 Å². The van der Waals surface area contributed by atoms with Gasteiger partial charge in [0.25, 0.3) is 0 Å². The second-order valence-electron chi connectivity index (χ2n) is 1.92. The number of anilines is 1. The largest absolute Gasteiger partial charge is 0.477 e. The number of nitrogen functional groups attached to an aromatic ring is 1. The molecule has 0 radical (unpaired) electrons. The number of carbonyl (C=O) groups is 1. The first-order valence-electron chi connectivity index (χ1n) is 2.97. The van der Waals surface area contributed by atoms with Crippen LogP contribution in [-0.4, -0.2) is 27.8 Å². The third-order valence-corrected chi connectivity index (χ3v) is 1.22. The van der Waals surface area contributed by atoms with Crippen molar-refractivity contribution in [3.05, 3.63) is 11.9 Å². The molecule has 0 saturated carbocycles. The van der Waals surface area contributed by atoms with Crippen LogP contribution in [0.3, 0.4) is 0 Å². The molecule has 1 rings (SSSR count). The fraction of sp³-hybridized carbons (Fsp3) is 0. The smallest absolute Gasteiger partial charge is 0.343 e. The fourth-order valence-corrected chi connectivity index (χ4v) is 0.714. The monoisotopic (exact) mass is 166 g/mol. The molecule has 6 heteroatoms. The lowest BCUT2D eigenvalue weighted by molar-refractivity contribution is 0.0698. The molecule has 0 saturated heterocycles. The maximum atomic E-state index is 10.6. The molecule has 6 nitrogen and oxygen atoms in total. The van der Waals surface area contributed by atoms with Crippen LogP contribution in [0.4, 0.5) is 11.6 Å². The van der Waals surface area contributed by atoms with Crippen molar-refractivity contribution in [3.63, 3.8) is 0 Å². The number of carboxylic acids is 1. The van der Waals surface area contributed by atoms with Gasteiger partial charge in [0.1, 0.15) is 17.7 Å². The number of rotatable bonds is 2. The number of carboxylic acid groups (broad SMARTS) is 1. The standard InChI is InChI=1S/C6H6N4O2/c1-8-5-3(6(11)12)4(7)9-2-10-5/h2H,1H2,(H,11,12)(H2,7,9,10). The predicted octanol–water partition coefficient (Wildman–Crippen LogP) is 0.0891. The maximum Gasteiger partial charge on any atom is 0.343 e. The van der Waals surface area contributed by atoms with E-state index < -0.39 is 5.97 Å². The van der Waals surface area contributed by atoms with E-state index in [1.807, 2.05) is 0 Å². The summed E-state index contributed by atoms with van der Waals surface area (Å²) in [7, 11) is 0. The second kappa shape index (κ2) is 2.95. The van der Waals surface area contributed by atoms with Crippen molar-refractivity contribution in [1.82, 2.24) is 9.97 Å². The lowest BCUT2D eigenvalue weighted by Crippen LogP contribution is -2.05. The maximum absolute atomic E-state index is 10.6. The van der Waals surface area contributed by atoms with Crippen molar-refractivity contribution in [3.8, 4) is 0 Å². The van der Waals surface area contributed by atoms with E-state index in [0.717, 1.165) is 6.33 Å². The van der Waals surface area contributed by atoms with Crippen molar-refractivity contribution in [2.75, 3.05) is 5.73 Å². The Morgan fingerprint density at radius 1 is 1.67 bits per heavy atom. The minimum Gasteiger partial charge on any atom is -0.477 e. The molecule has 1 heterocycles. The van der Waals surface area contributed by atoms with E-state index in [1.165, 1.54) is 0 Å². The quantitative estimate of drug-likeness (QED) is 0.606. The van der Waals surface area contributed by atoms with Gasteiger partial charge in [0.05, 0.1) is 0 Å². The van der Waals surface area contributed by atoms with Gasteiger partial charge in [-0.3, -0.25) is 0 Å². The molecule has 0 aliphatic heterocycles. The van der Waals surface area contributed by atoms with Crippen molar-refractivity contribution in [1.29, 1.82) is 0 Å². The molecular formula is C6H6N4O2. The minimum absolute atomic E-state index is 0.0185. The van der Waals surface area contributed by atoms with Gasteiger partial charge in [0.15, 0.2) is 5.82 Å². The van der Waals surface area contributed by atoms with Gasteiger partial charge < -0.3 is 10.8 Å². The average molecular weight is 166 g/mol. The van der Waals surface area contributed by atoms with Crippen LogP contribution in [0.2, 0.25) is 0 Å². The van der Waals surface area contributed by atoms with Crippen LogP contribution in [0.25, 0.3) is 0 Å². The third kappa shape index (κ3) is 1.22. The summed E-state index contributed by atoms with van der Waals surface area (Å²) in [5.74, 6) is -1.34. The van der Waals surface area contributed by atoms with Crippen LogP contribution in [0, 0.1) is 0 Å². The van der Waals surface area contributed by atoms with Crippen molar-refractivity contribution >= 4 is 24.3 Å². The molecule has 0 aliphatic carbocycles. The van der Waals surface area contributed by atoms with E-state index in [4.69, 9.17) is 10.8 Å². The molecule has 0 unspecified atom stereocenters. The zero-order valence-corrected chi connectivity index (χ0v) is 6.06. The zero-order chi connectivity index (χ0) is 9.14. The lowest BCUT2D eigenvalue weighted by Gasteiger charge is -2.00. The number of aliphatic imine (C=N–C) groups is 1. The number of aromatic carboxylic acids is 1. The van der Waals surface area contributed by atoms with Crippen LogP contribution in [-0.2, 0) is 0 Å². The lowest BCUT2D eigenvalue weighted by atomic mass is 10.3. The van der Waals surface area contributed by atoms with Crippen molar-refractivity contribution in [2.24, 2.45) is 4.99 Å². The first kappa shape index (κ1) is 8.12.